The molecule has 3 atom stereocenters. The number of tetrazole rings is 1. The molecule has 0 bridgehead atoms. The molecule has 2 unspecified atom stereocenters. The van der Waals surface area contributed by atoms with Crippen LogP contribution in [0.2, 0.25) is 0 Å². The molecule has 0 saturated heterocycles. The first-order chi connectivity index (χ1) is 10.4. The lowest BCUT2D eigenvalue weighted by molar-refractivity contribution is 0.702. The molecule has 2 N–H and O–H groups in total. The quantitative estimate of drug-likeness (QED) is 0.822. The van der Waals surface area contributed by atoms with Gasteiger partial charge in [0.1, 0.15) is 5.69 Å². The third-order valence-corrected chi connectivity index (χ3v) is 4.46. The molecule has 6 heteroatoms. The highest BCUT2D eigenvalue weighted by molar-refractivity contribution is 5.59. The predicted octanol–water partition coefficient (Wildman–Crippen LogP) is 2.16. The van der Waals surface area contributed by atoms with E-state index in [2.05, 4.69) is 49.6 Å². The van der Waals surface area contributed by atoms with Crippen molar-refractivity contribution in [2.24, 2.45) is 11.8 Å². The van der Waals surface area contributed by atoms with Gasteiger partial charge in [0, 0.05) is 17.2 Å². The maximum atomic E-state index is 4.36. The zero-order chi connectivity index (χ0) is 14.2. The van der Waals surface area contributed by atoms with E-state index in [-0.39, 0.29) is 0 Å². The van der Waals surface area contributed by atoms with Gasteiger partial charge in [-0.05, 0) is 29.9 Å². The highest BCUT2D eigenvalue weighted by atomic mass is 15.5. The number of rotatable bonds is 5. The van der Waals surface area contributed by atoms with Gasteiger partial charge in [-0.1, -0.05) is 37.0 Å². The van der Waals surface area contributed by atoms with Crippen molar-refractivity contribution in [3.8, 4) is 11.5 Å². The van der Waals surface area contributed by atoms with Gasteiger partial charge in [0.2, 0.25) is 5.82 Å². The summed E-state index contributed by atoms with van der Waals surface area (Å²) in [5, 5.41) is 21.7. The lowest BCUT2D eigenvalue weighted by atomic mass is 10.0. The first kappa shape index (κ1) is 12.3. The molecular weight excluding hydrogens is 264 g/mol. The Hall–Kier alpha value is -2.50. The van der Waals surface area contributed by atoms with Crippen LogP contribution in [-0.4, -0.2) is 30.8 Å². The number of allylic oxidation sites excluding steroid dienone is 5. The topological polar surface area (TPSA) is 83.1 Å². The van der Waals surface area contributed by atoms with E-state index < -0.39 is 0 Å². The second-order valence-electron chi connectivity index (χ2n) is 5.54. The fraction of sp³-hybridized carbons (Fsp3) is 0.333. The van der Waals surface area contributed by atoms with Crippen LogP contribution >= 0.6 is 0 Å². The van der Waals surface area contributed by atoms with Gasteiger partial charge in [0.25, 0.3) is 0 Å². The summed E-state index contributed by atoms with van der Waals surface area (Å²) in [5.41, 5.74) is 3.41. The van der Waals surface area contributed by atoms with Crippen LogP contribution in [0.1, 0.15) is 23.6 Å². The summed E-state index contributed by atoms with van der Waals surface area (Å²) in [4.78, 5) is 0. The van der Waals surface area contributed by atoms with E-state index >= 15 is 0 Å². The van der Waals surface area contributed by atoms with Gasteiger partial charge in [0.15, 0.2) is 0 Å². The van der Waals surface area contributed by atoms with E-state index in [1.54, 1.807) is 6.08 Å². The van der Waals surface area contributed by atoms with Crippen molar-refractivity contribution in [1.29, 1.82) is 0 Å². The van der Waals surface area contributed by atoms with Crippen LogP contribution in [0.4, 0.5) is 0 Å². The summed E-state index contributed by atoms with van der Waals surface area (Å²) in [6, 6.07) is 0. The smallest absolute Gasteiger partial charge is 0.225 e. The second-order valence-corrected chi connectivity index (χ2v) is 5.54. The summed E-state index contributed by atoms with van der Waals surface area (Å²) < 4.78 is 0. The number of hydrogen-bond acceptors (Lipinski definition) is 4. The molecular formula is C15H16N6. The van der Waals surface area contributed by atoms with Gasteiger partial charge in [-0.25, -0.2) is 0 Å². The number of nitrogens with one attached hydrogen (secondary N) is 2. The number of aromatic nitrogens is 6. The molecule has 21 heavy (non-hydrogen) atoms. The molecule has 0 aromatic carbocycles. The molecule has 1 fully saturated rings. The minimum Gasteiger partial charge on any atom is -0.281 e. The van der Waals surface area contributed by atoms with Crippen LogP contribution < -0.4 is 0 Å². The van der Waals surface area contributed by atoms with Gasteiger partial charge in [0.05, 0.1) is 0 Å². The molecule has 2 aromatic rings. The van der Waals surface area contributed by atoms with Crippen molar-refractivity contribution < 1.29 is 0 Å². The monoisotopic (exact) mass is 280 g/mol. The maximum Gasteiger partial charge on any atom is 0.225 e. The summed E-state index contributed by atoms with van der Waals surface area (Å²) in [5.74, 6) is 2.69. The second kappa shape index (κ2) is 4.80. The zero-order valence-corrected chi connectivity index (χ0v) is 11.5. The van der Waals surface area contributed by atoms with E-state index in [1.165, 1.54) is 11.3 Å². The van der Waals surface area contributed by atoms with Crippen LogP contribution in [-0.2, 0) is 6.42 Å². The van der Waals surface area contributed by atoms with Crippen LogP contribution in [0.25, 0.3) is 11.5 Å². The minimum absolute atomic E-state index is 0.583. The number of H-pyrrole nitrogens is 2. The van der Waals surface area contributed by atoms with Gasteiger partial charge < -0.3 is 0 Å². The first-order valence-corrected chi connectivity index (χ1v) is 7.15. The first-order valence-electron chi connectivity index (χ1n) is 7.15. The number of fused-ring (bicyclic) bond motifs is 3. The molecule has 2 aromatic heterocycles. The Balaban J connectivity index is 1.46. The summed E-state index contributed by atoms with van der Waals surface area (Å²) in [7, 11) is 0. The molecule has 2 aliphatic carbocycles. The number of nitrogens with zero attached hydrogens (tertiary/aromatic N) is 4. The summed E-state index contributed by atoms with van der Waals surface area (Å²) in [6.07, 6.45) is 12.3. The Morgan fingerprint density at radius 1 is 1.24 bits per heavy atom. The van der Waals surface area contributed by atoms with Gasteiger partial charge in [-0.3, -0.25) is 5.10 Å². The van der Waals surface area contributed by atoms with Crippen molar-refractivity contribution in [3.63, 3.8) is 0 Å². The third-order valence-electron chi connectivity index (χ3n) is 4.46. The Bertz CT molecular complexity index is 709. The molecule has 0 radical (unpaired) electrons. The zero-order valence-electron chi connectivity index (χ0n) is 11.5. The molecule has 106 valence electrons. The standard InChI is InChI=1S/C15H16N6/c1-2-3-4-5-6-7-9-10-8-11-13(12(9)10)16-17-14(11)15-18-20-21-19-15/h2-6,9-10,12H,1,7-8H2,(H,16,17)(H,18,19,20,21)/b4-3-,6-5+/t9-,10?,12?/m0/s1. The summed E-state index contributed by atoms with van der Waals surface area (Å²) >= 11 is 0. The third kappa shape index (κ3) is 1.94. The van der Waals surface area contributed by atoms with Crippen LogP contribution in [0.5, 0.6) is 0 Å². The Morgan fingerprint density at radius 3 is 3.00 bits per heavy atom. The van der Waals surface area contributed by atoms with Gasteiger partial charge >= 0.3 is 0 Å². The van der Waals surface area contributed by atoms with E-state index in [9.17, 15) is 0 Å². The van der Waals surface area contributed by atoms with Crippen molar-refractivity contribution in [1.82, 2.24) is 30.8 Å². The van der Waals surface area contributed by atoms with Crippen molar-refractivity contribution in [3.05, 3.63) is 48.2 Å². The van der Waals surface area contributed by atoms with Crippen LogP contribution in [0.15, 0.2) is 37.0 Å². The predicted molar refractivity (Wildman–Crippen MR) is 78.3 cm³/mol. The molecule has 0 spiro atoms. The Kier molecular flexibility index (Phi) is 2.80. The number of hydrogen-bond donors (Lipinski definition) is 2. The average molecular weight is 280 g/mol. The molecule has 4 rings (SSSR count). The van der Waals surface area contributed by atoms with Crippen LogP contribution in [0, 0.1) is 11.8 Å². The van der Waals surface area contributed by atoms with Crippen molar-refractivity contribution in [2.75, 3.05) is 0 Å². The summed E-state index contributed by atoms with van der Waals surface area (Å²) in [6.45, 7) is 3.65. The Morgan fingerprint density at radius 2 is 2.19 bits per heavy atom. The van der Waals surface area contributed by atoms with Gasteiger partial charge in [-0.2, -0.15) is 10.3 Å². The number of aromatic amines is 2. The maximum absolute atomic E-state index is 4.36. The Labute approximate surface area is 122 Å². The lowest BCUT2D eigenvalue weighted by Crippen LogP contribution is -1.93. The molecule has 6 nitrogen and oxygen atoms in total. The van der Waals surface area contributed by atoms with Crippen molar-refractivity contribution >= 4 is 0 Å². The minimum atomic E-state index is 0.583. The molecule has 2 aliphatic rings. The largest absolute Gasteiger partial charge is 0.281 e. The van der Waals surface area contributed by atoms with E-state index in [0.717, 1.165) is 30.4 Å². The fourth-order valence-corrected chi connectivity index (χ4v) is 3.47. The van der Waals surface area contributed by atoms with E-state index in [1.807, 2.05) is 12.2 Å². The highest BCUT2D eigenvalue weighted by Gasteiger charge is 2.56. The molecule has 0 amide bonds. The lowest BCUT2D eigenvalue weighted by Gasteiger charge is -2.00. The van der Waals surface area contributed by atoms with Crippen LogP contribution in [0.3, 0.4) is 0 Å². The average Bonchev–Trinajstić information content (AvgIpc) is 2.95. The van der Waals surface area contributed by atoms with E-state index in [0.29, 0.717) is 11.7 Å². The molecule has 0 aliphatic heterocycles. The normalized spacial score (nSPS) is 26.4. The SMILES string of the molecule is C=C/C=C\C=C\C[C@H]1C2Cc3c(-c4nn[nH]n4)n[nH]c3C21. The highest BCUT2D eigenvalue weighted by Crippen LogP contribution is 2.63. The van der Waals surface area contributed by atoms with Gasteiger partial charge in [-0.15, -0.1) is 10.2 Å². The van der Waals surface area contributed by atoms with Crippen molar-refractivity contribution in [2.45, 2.75) is 18.8 Å². The fourth-order valence-electron chi connectivity index (χ4n) is 3.47. The molecule has 1 saturated carbocycles. The molecule has 2 heterocycles. The van der Waals surface area contributed by atoms with E-state index in [4.69, 9.17) is 0 Å².